The maximum absolute atomic E-state index is 13.5. The van der Waals surface area contributed by atoms with Gasteiger partial charge in [-0.25, -0.2) is 0 Å². The molecule has 0 spiro atoms. The molecule has 1 aliphatic rings. The topological polar surface area (TPSA) is 35.5 Å². The number of ketones is 1. The number of hydrogen-bond acceptors (Lipinski definition) is 3. The summed E-state index contributed by atoms with van der Waals surface area (Å²) >= 11 is 0. The largest absolute Gasteiger partial charge is 0.497 e. The smallest absolute Gasteiger partial charge is 0.204 e. The summed E-state index contributed by atoms with van der Waals surface area (Å²) in [6, 6.07) is 27.9. The fraction of sp³-hybridized carbons (Fsp3) is 0.148. The van der Waals surface area contributed by atoms with Crippen molar-refractivity contribution in [3.63, 3.8) is 0 Å². The minimum Gasteiger partial charge on any atom is -0.497 e. The van der Waals surface area contributed by atoms with Crippen molar-refractivity contribution in [3.8, 4) is 11.5 Å². The Morgan fingerprint density at radius 1 is 0.867 bits per heavy atom. The van der Waals surface area contributed by atoms with E-state index < -0.39 is 6.10 Å². The molecule has 0 N–H and O–H groups in total. The number of methoxy groups -OCH3 is 1. The molecule has 2 atom stereocenters. The Morgan fingerprint density at radius 3 is 2.33 bits per heavy atom. The van der Waals surface area contributed by atoms with Crippen LogP contribution >= 0.6 is 0 Å². The van der Waals surface area contributed by atoms with E-state index >= 15 is 0 Å². The van der Waals surface area contributed by atoms with Crippen LogP contribution in [0.5, 0.6) is 11.5 Å². The number of Topliss-reactive ketones (excluding diaryl/α,β-unsaturated/α-hetero) is 1. The van der Waals surface area contributed by atoms with Crippen LogP contribution in [-0.2, 0) is 0 Å². The normalized spacial score (nSPS) is 17.4. The average molecular weight is 394 g/mol. The Morgan fingerprint density at radius 2 is 1.60 bits per heavy atom. The second-order valence-electron chi connectivity index (χ2n) is 7.72. The lowest BCUT2D eigenvalue weighted by Gasteiger charge is -2.20. The molecule has 0 saturated heterocycles. The number of ether oxygens (including phenoxy) is 2. The zero-order valence-electron chi connectivity index (χ0n) is 17.0. The highest BCUT2D eigenvalue weighted by Crippen LogP contribution is 2.47. The van der Waals surface area contributed by atoms with Crippen LogP contribution in [0, 0.1) is 6.92 Å². The number of benzene rings is 4. The second-order valence-corrected chi connectivity index (χ2v) is 7.72. The zero-order chi connectivity index (χ0) is 20.7. The molecular formula is C27H22O3. The van der Waals surface area contributed by atoms with Crippen LogP contribution in [-0.4, -0.2) is 19.0 Å². The van der Waals surface area contributed by atoms with Crippen molar-refractivity contribution >= 4 is 16.6 Å². The third-order valence-electron chi connectivity index (χ3n) is 5.87. The van der Waals surface area contributed by atoms with E-state index in [0.29, 0.717) is 5.56 Å². The highest BCUT2D eigenvalue weighted by molar-refractivity contribution is 6.02. The summed E-state index contributed by atoms with van der Waals surface area (Å²) in [6.45, 7) is 2.02. The minimum absolute atomic E-state index is 0.00361. The zero-order valence-corrected chi connectivity index (χ0v) is 17.0. The highest BCUT2D eigenvalue weighted by Gasteiger charge is 2.41. The van der Waals surface area contributed by atoms with Crippen molar-refractivity contribution in [1.82, 2.24) is 0 Å². The summed E-state index contributed by atoms with van der Waals surface area (Å²) in [4.78, 5) is 13.5. The van der Waals surface area contributed by atoms with E-state index in [2.05, 4.69) is 18.2 Å². The molecule has 1 aliphatic heterocycles. The van der Waals surface area contributed by atoms with Gasteiger partial charge in [0.25, 0.3) is 0 Å². The molecule has 1 heterocycles. The van der Waals surface area contributed by atoms with Gasteiger partial charge in [0, 0.05) is 11.1 Å². The van der Waals surface area contributed by atoms with Gasteiger partial charge in [-0.1, -0.05) is 72.3 Å². The van der Waals surface area contributed by atoms with Crippen LogP contribution in [0.15, 0.2) is 84.9 Å². The van der Waals surface area contributed by atoms with E-state index in [9.17, 15) is 4.79 Å². The molecule has 30 heavy (non-hydrogen) atoms. The molecule has 0 amide bonds. The van der Waals surface area contributed by atoms with Crippen molar-refractivity contribution in [2.24, 2.45) is 0 Å². The molecule has 0 aliphatic carbocycles. The summed E-state index contributed by atoms with van der Waals surface area (Å²) in [5.74, 6) is 1.37. The minimum atomic E-state index is -0.609. The van der Waals surface area contributed by atoms with Gasteiger partial charge in [0.15, 0.2) is 6.10 Å². The first-order valence-electron chi connectivity index (χ1n) is 10.1. The van der Waals surface area contributed by atoms with Gasteiger partial charge < -0.3 is 9.47 Å². The van der Waals surface area contributed by atoms with E-state index in [1.165, 1.54) is 0 Å². The van der Waals surface area contributed by atoms with Crippen LogP contribution < -0.4 is 9.47 Å². The maximum Gasteiger partial charge on any atom is 0.204 e. The van der Waals surface area contributed by atoms with Gasteiger partial charge in [-0.2, -0.15) is 0 Å². The van der Waals surface area contributed by atoms with Crippen molar-refractivity contribution in [2.75, 3.05) is 7.11 Å². The lowest BCUT2D eigenvalue weighted by molar-refractivity contribution is 0.0807. The van der Waals surface area contributed by atoms with Gasteiger partial charge in [-0.3, -0.25) is 4.79 Å². The van der Waals surface area contributed by atoms with Crippen molar-refractivity contribution in [3.05, 3.63) is 107 Å². The first-order valence-corrected chi connectivity index (χ1v) is 10.1. The Bertz CT molecular complexity index is 1220. The number of rotatable bonds is 4. The summed E-state index contributed by atoms with van der Waals surface area (Å²) < 4.78 is 11.6. The lowest BCUT2D eigenvalue weighted by atomic mass is 9.83. The van der Waals surface area contributed by atoms with Crippen molar-refractivity contribution < 1.29 is 14.3 Å². The number of fused-ring (bicyclic) bond motifs is 3. The van der Waals surface area contributed by atoms with E-state index in [0.717, 1.165) is 39.0 Å². The Hall–Kier alpha value is -3.59. The summed E-state index contributed by atoms with van der Waals surface area (Å²) in [5, 5.41) is 2.26. The Labute approximate surface area is 175 Å². The molecule has 4 aromatic carbocycles. The third-order valence-corrected chi connectivity index (χ3v) is 5.87. The van der Waals surface area contributed by atoms with E-state index in [-0.39, 0.29) is 11.7 Å². The summed E-state index contributed by atoms with van der Waals surface area (Å²) in [6.07, 6.45) is -0.609. The Balaban J connectivity index is 1.67. The van der Waals surface area contributed by atoms with Gasteiger partial charge in [0.1, 0.15) is 11.5 Å². The number of aryl methyl sites for hydroxylation is 1. The second kappa shape index (κ2) is 7.34. The third kappa shape index (κ3) is 3.03. The molecule has 4 aromatic rings. The molecule has 0 unspecified atom stereocenters. The van der Waals surface area contributed by atoms with Gasteiger partial charge in [-0.05, 0) is 41.5 Å². The van der Waals surface area contributed by atoms with Crippen molar-refractivity contribution in [1.29, 1.82) is 0 Å². The first-order chi connectivity index (χ1) is 14.7. The van der Waals surface area contributed by atoms with Gasteiger partial charge in [0.2, 0.25) is 5.78 Å². The van der Waals surface area contributed by atoms with Crippen LogP contribution in [0.4, 0.5) is 0 Å². The molecule has 0 aromatic heterocycles. The molecule has 5 rings (SSSR count). The van der Waals surface area contributed by atoms with Gasteiger partial charge in [0.05, 0.1) is 13.0 Å². The molecule has 0 fully saturated rings. The number of carbonyl (C=O) groups excluding carboxylic acids is 1. The molecule has 0 saturated carbocycles. The van der Waals surface area contributed by atoms with Crippen LogP contribution in [0.3, 0.4) is 0 Å². The van der Waals surface area contributed by atoms with E-state index in [4.69, 9.17) is 9.47 Å². The quantitative estimate of drug-likeness (QED) is 0.402. The molecule has 148 valence electrons. The Kier molecular flexibility index (Phi) is 4.51. The number of hydrogen-bond donors (Lipinski definition) is 0. The SMILES string of the molecule is COc1ccc([C@@H]2c3c(ccc4ccccc34)O[C@H]2C(=O)c2ccc(C)cc2)cc1. The van der Waals surface area contributed by atoms with Gasteiger partial charge in [-0.15, -0.1) is 0 Å². The standard InChI is InChI=1S/C27H22O3/c1-17-7-9-20(10-8-17)26(28)27-24(19-11-14-21(29-2)15-12-19)25-22-6-4-3-5-18(22)13-16-23(25)30-27/h3-16,24,27H,1-2H3/t24-,27-/m1/s1. The fourth-order valence-electron chi connectivity index (χ4n) is 4.30. The van der Waals surface area contributed by atoms with Crippen LogP contribution in [0.1, 0.15) is 33.0 Å². The molecule has 3 heteroatoms. The monoisotopic (exact) mass is 394 g/mol. The summed E-state index contributed by atoms with van der Waals surface area (Å²) in [7, 11) is 1.65. The van der Waals surface area contributed by atoms with E-state index in [1.54, 1.807) is 7.11 Å². The molecular weight excluding hydrogens is 372 g/mol. The maximum atomic E-state index is 13.5. The van der Waals surface area contributed by atoms with Crippen LogP contribution in [0.25, 0.3) is 10.8 Å². The molecule has 3 nitrogen and oxygen atoms in total. The molecule has 0 bridgehead atoms. The first kappa shape index (κ1) is 18.4. The van der Waals surface area contributed by atoms with Gasteiger partial charge >= 0.3 is 0 Å². The summed E-state index contributed by atoms with van der Waals surface area (Å²) in [5.41, 5.74) is 3.90. The fourth-order valence-corrected chi connectivity index (χ4v) is 4.30. The molecule has 0 radical (unpaired) electrons. The van der Waals surface area contributed by atoms with Crippen LogP contribution in [0.2, 0.25) is 0 Å². The van der Waals surface area contributed by atoms with E-state index in [1.807, 2.05) is 73.7 Å². The number of carbonyl (C=O) groups is 1. The highest BCUT2D eigenvalue weighted by atomic mass is 16.5. The predicted octanol–water partition coefficient (Wildman–Crippen LogP) is 5.93. The lowest BCUT2D eigenvalue weighted by Crippen LogP contribution is -2.30. The average Bonchev–Trinajstić information content (AvgIpc) is 3.19. The van der Waals surface area contributed by atoms with Crippen molar-refractivity contribution in [2.45, 2.75) is 18.9 Å². The predicted molar refractivity (Wildman–Crippen MR) is 119 cm³/mol.